The van der Waals surface area contributed by atoms with E-state index < -0.39 is 11.5 Å². The van der Waals surface area contributed by atoms with Gasteiger partial charge in [-0.05, 0) is 84.1 Å². The van der Waals surface area contributed by atoms with E-state index in [9.17, 15) is 9.59 Å². The molecular formula is C34H50N6O4S. The van der Waals surface area contributed by atoms with Crippen molar-refractivity contribution in [1.29, 1.82) is 5.41 Å². The largest absolute Gasteiger partial charge is 0.459 e. The van der Waals surface area contributed by atoms with Crippen LogP contribution >= 0.6 is 11.8 Å². The lowest BCUT2D eigenvalue weighted by molar-refractivity contribution is -0.157. The summed E-state index contributed by atoms with van der Waals surface area (Å²) in [6, 6.07) is 5.27. The second kappa shape index (κ2) is 16.1. The van der Waals surface area contributed by atoms with Crippen LogP contribution < -0.4 is 11.1 Å². The van der Waals surface area contributed by atoms with Crippen LogP contribution in [-0.4, -0.2) is 63.8 Å². The van der Waals surface area contributed by atoms with Gasteiger partial charge in [0.05, 0.1) is 18.2 Å². The van der Waals surface area contributed by atoms with Crippen molar-refractivity contribution in [1.82, 2.24) is 19.8 Å². The summed E-state index contributed by atoms with van der Waals surface area (Å²) in [4.78, 5) is 34.3. The lowest BCUT2D eigenvalue weighted by Crippen LogP contribution is -2.33. The normalized spacial score (nSPS) is 16.7. The van der Waals surface area contributed by atoms with E-state index in [1.807, 2.05) is 61.0 Å². The highest BCUT2D eigenvalue weighted by atomic mass is 32.2. The first kappa shape index (κ1) is 35.9. The minimum Gasteiger partial charge on any atom is -0.459 e. The van der Waals surface area contributed by atoms with Crippen LogP contribution in [0.1, 0.15) is 87.7 Å². The summed E-state index contributed by atoms with van der Waals surface area (Å²) in [6.07, 6.45) is 9.17. The average Bonchev–Trinajstić information content (AvgIpc) is 3.24. The molecular weight excluding hydrogens is 588 g/mol. The fraction of sp³-hybridized carbons (Fsp3) is 0.529. The van der Waals surface area contributed by atoms with Gasteiger partial charge in [0, 0.05) is 55.0 Å². The number of nitrogens with one attached hydrogen (secondary N) is 2. The Morgan fingerprint density at radius 2 is 2.07 bits per heavy atom. The number of carbonyl (C=O) groups is 2. The number of pyridine rings is 1. The summed E-state index contributed by atoms with van der Waals surface area (Å²) in [7, 11) is 3.81. The Kier molecular flexibility index (Phi) is 12.9. The first-order valence-corrected chi connectivity index (χ1v) is 16.5. The van der Waals surface area contributed by atoms with Crippen LogP contribution in [0, 0.1) is 18.3 Å². The van der Waals surface area contributed by atoms with Gasteiger partial charge in [-0.2, -0.15) is 0 Å². The zero-order valence-corrected chi connectivity index (χ0v) is 28.8. The van der Waals surface area contributed by atoms with Crippen molar-refractivity contribution < 1.29 is 19.1 Å². The molecule has 11 heteroatoms. The summed E-state index contributed by atoms with van der Waals surface area (Å²) < 4.78 is 13.7. The summed E-state index contributed by atoms with van der Waals surface area (Å²) in [5, 5.41) is 11.2. The second-order valence-electron chi connectivity index (χ2n) is 12.4. The summed E-state index contributed by atoms with van der Waals surface area (Å²) in [5.74, 6) is -0.453. The maximum absolute atomic E-state index is 13.8. The number of ether oxygens (including phenoxy) is 2. The Bertz CT molecular complexity index is 1420. The molecule has 10 nitrogen and oxygen atoms in total. The van der Waals surface area contributed by atoms with Crippen molar-refractivity contribution >= 4 is 35.7 Å². The second-order valence-corrected chi connectivity index (χ2v) is 13.4. The highest BCUT2D eigenvalue weighted by Gasteiger charge is 2.31. The van der Waals surface area contributed by atoms with Gasteiger partial charge < -0.3 is 35.4 Å². The monoisotopic (exact) mass is 638 g/mol. The molecule has 0 saturated carbocycles. The lowest BCUT2D eigenvalue weighted by atomic mass is 9.94. The number of allylic oxidation sites excluding steroid dienone is 2. The molecule has 0 bridgehead atoms. The van der Waals surface area contributed by atoms with Crippen molar-refractivity contribution in [2.75, 3.05) is 25.1 Å². The topological polar surface area (TPSA) is 136 Å². The first-order valence-electron chi connectivity index (χ1n) is 15.5. The van der Waals surface area contributed by atoms with Gasteiger partial charge in [0.25, 0.3) is 5.91 Å². The van der Waals surface area contributed by atoms with E-state index in [-0.39, 0.29) is 24.6 Å². The fourth-order valence-corrected chi connectivity index (χ4v) is 6.47. The smallest absolute Gasteiger partial charge is 0.314 e. The van der Waals surface area contributed by atoms with Crippen LogP contribution in [0.3, 0.4) is 0 Å². The van der Waals surface area contributed by atoms with E-state index in [1.165, 1.54) is 18.0 Å². The number of thioether (sulfide) groups is 1. The number of amides is 1. The molecule has 1 aliphatic heterocycles. The van der Waals surface area contributed by atoms with Gasteiger partial charge in [-0.25, -0.2) is 4.98 Å². The van der Waals surface area contributed by atoms with Crippen molar-refractivity contribution in [3.63, 3.8) is 0 Å². The number of aromatic nitrogens is 2. The Morgan fingerprint density at radius 3 is 2.67 bits per heavy atom. The Morgan fingerprint density at radius 1 is 1.33 bits per heavy atom. The third-order valence-electron chi connectivity index (χ3n) is 7.87. The fourth-order valence-electron chi connectivity index (χ4n) is 5.17. The van der Waals surface area contributed by atoms with E-state index in [4.69, 9.17) is 20.6 Å². The molecule has 3 rings (SSSR count). The number of hydrogen-bond acceptors (Lipinski definition) is 9. The standard InChI is InChI=1S/C34H50N6O4S/c1-9-22(2)25(16-17-39(7)29-15-10-11-18-43-29)27(33(42)44-34(4,5)6)21-45-31-23(3)40(8)30(26(31)19-35)32(41)37-20-24-13-12-14-28(36)38-24/h12-14,16-17,19,27,29,35H,9-11,15,18,20-21H2,1-8H3,(H2,36,38)(H,37,41)/b17-16-,25-22-,35-19?. The highest BCUT2D eigenvalue weighted by molar-refractivity contribution is 7.99. The molecule has 2 aromatic heterocycles. The van der Waals surface area contributed by atoms with Crippen LogP contribution in [0.5, 0.6) is 0 Å². The maximum atomic E-state index is 13.8. The summed E-state index contributed by atoms with van der Waals surface area (Å²) in [5.41, 5.74) is 9.47. The number of rotatable bonds is 13. The molecule has 2 unspecified atom stereocenters. The average molecular weight is 639 g/mol. The SMILES string of the molecule is CC/C(C)=C(/C=C\N(C)C1CCCCO1)C(CSc1c(C=N)c(C(=O)NCc2cccc(N)n2)n(C)c1C)C(=O)OC(C)(C)C. The van der Waals surface area contributed by atoms with Crippen LogP contribution in [0.15, 0.2) is 46.5 Å². The molecule has 2 aromatic rings. The van der Waals surface area contributed by atoms with Gasteiger partial charge in [0.15, 0.2) is 0 Å². The molecule has 0 radical (unpaired) electrons. The van der Waals surface area contributed by atoms with Crippen molar-refractivity contribution in [3.8, 4) is 0 Å². The van der Waals surface area contributed by atoms with E-state index >= 15 is 0 Å². The van der Waals surface area contributed by atoms with E-state index in [0.29, 0.717) is 28.5 Å². The molecule has 0 spiro atoms. The van der Waals surface area contributed by atoms with Crippen molar-refractivity contribution in [3.05, 3.63) is 64.3 Å². The van der Waals surface area contributed by atoms with Crippen molar-refractivity contribution in [2.24, 2.45) is 13.0 Å². The molecule has 1 fully saturated rings. The zero-order chi connectivity index (χ0) is 33.3. The molecule has 1 saturated heterocycles. The van der Waals surface area contributed by atoms with E-state index in [1.54, 1.807) is 22.8 Å². The predicted octanol–water partition coefficient (Wildman–Crippen LogP) is 5.99. The Balaban J connectivity index is 1.92. The number of nitrogens with zero attached hydrogens (tertiary/aromatic N) is 3. The number of anilines is 1. The Hall–Kier alpha value is -3.57. The number of hydrogen-bond donors (Lipinski definition) is 3. The lowest BCUT2D eigenvalue weighted by Gasteiger charge is -2.31. The number of nitrogens with two attached hydrogens (primary N) is 1. The zero-order valence-electron chi connectivity index (χ0n) is 28.0. The quantitative estimate of drug-likeness (QED) is 0.105. The predicted molar refractivity (Wildman–Crippen MR) is 181 cm³/mol. The number of nitrogen functional groups attached to an aromatic ring is 1. The van der Waals surface area contributed by atoms with Crippen LogP contribution in [0.4, 0.5) is 5.82 Å². The number of carbonyl (C=O) groups excluding carboxylic acids is 2. The molecule has 4 N–H and O–H groups in total. The third-order valence-corrected chi connectivity index (χ3v) is 9.17. The van der Waals surface area contributed by atoms with Gasteiger partial charge in [0.1, 0.15) is 23.3 Å². The summed E-state index contributed by atoms with van der Waals surface area (Å²) in [6.45, 7) is 12.6. The molecule has 45 heavy (non-hydrogen) atoms. The Labute approximate surface area is 272 Å². The van der Waals surface area contributed by atoms with Gasteiger partial charge in [-0.3, -0.25) is 9.59 Å². The van der Waals surface area contributed by atoms with Crippen LogP contribution in [0.2, 0.25) is 0 Å². The molecule has 2 atom stereocenters. The minimum atomic E-state index is -0.659. The van der Waals surface area contributed by atoms with Gasteiger partial charge >= 0.3 is 5.97 Å². The molecule has 3 heterocycles. The van der Waals surface area contributed by atoms with E-state index in [0.717, 1.165) is 54.0 Å². The molecule has 246 valence electrons. The van der Waals surface area contributed by atoms with E-state index in [2.05, 4.69) is 22.1 Å². The summed E-state index contributed by atoms with van der Waals surface area (Å²) >= 11 is 1.46. The first-order chi connectivity index (χ1) is 21.3. The third kappa shape index (κ3) is 9.71. The van der Waals surface area contributed by atoms with Gasteiger partial charge in [0.2, 0.25) is 0 Å². The molecule has 1 amide bonds. The molecule has 1 aliphatic rings. The maximum Gasteiger partial charge on any atom is 0.314 e. The molecule has 0 aliphatic carbocycles. The van der Waals surface area contributed by atoms with Crippen LogP contribution in [-0.2, 0) is 27.9 Å². The van der Waals surface area contributed by atoms with Gasteiger partial charge in [-0.1, -0.05) is 18.6 Å². The van der Waals surface area contributed by atoms with Gasteiger partial charge in [-0.15, -0.1) is 11.8 Å². The minimum absolute atomic E-state index is 0.00856. The highest BCUT2D eigenvalue weighted by Crippen LogP contribution is 2.35. The molecule has 0 aromatic carbocycles. The van der Waals surface area contributed by atoms with Crippen LogP contribution in [0.25, 0.3) is 0 Å². The number of esters is 1. The van der Waals surface area contributed by atoms with Crippen molar-refractivity contribution in [2.45, 2.75) is 90.5 Å².